The Morgan fingerprint density at radius 1 is 1.56 bits per heavy atom. The number of nitrogens with zero attached hydrogens (tertiary/aromatic N) is 1. The summed E-state index contributed by atoms with van der Waals surface area (Å²) in [7, 11) is 0. The molecule has 0 aliphatic rings. The molecule has 1 rings (SSSR count). The number of carboxylic acids is 1. The molecule has 18 heavy (non-hydrogen) atoms. The van der Waals surface area contributed by atoms with Gasteiger partial charge in [0.2, 0.25) is 0 Å². The zero-order valence-electron chi connectivity index (χ0n) is 9.84. The SMILES string of the molecule is Cc1csc(CNC(=O)N[C@H](CCO)C(=O)O)n1. The molecule has 0 saturated heterocycles. The van der Waals surface area contributed by atoms with E-state index >= 15 is 0 Å². The monoisotopic (exact) mass is 273 g/mol. The van der Waals surface area contributed by atoms with Crippen LogP contribution in [-0.2, 0) is 11.3 Å². The molecule has 0 bridgehead atoms. The quantitative estimate of drug-likeness (QED) is 0.587. The van der Waals surface area contributed by atoms with Crippen molar-refractivity contribution in [3.63, 3.8) is 0 Å². The topological polar surface area (TPSA) is 112 Å². The Kier molecular flexibility index (Phi) is 5.53. The molecule has 0 saturated carbocycles. The normalized spacial score (nSPS) is 11.9. The van der Waals surface area contributed by atoms with Gasteiger partial charge in [0.15, 0.2) is 0 Å². The fourth-order valence-electron chi connectivity index (χ4n) is 1.24. The van der Waals surface area contributed by atoms with Crippen molar-refractivity contribution in [1.82, 2.24) is 15.6 Å². The average Bonchev–Trinajstić information content (AvgIpc) is 2.72. The third-order valence-corrected chi connectivity index (χ3v) is 3.05. The van der Waals surface area contributed by atoms with Gasteiger partial charge in [0, 0.05) is 24.1 Å². The minimum Gasteiger partial charge on any atom is -0.480 e. The number of urea groups is 1. The summed E-state index contributed by atoms with van der Waals surface area (Å²) in [6.07, 6.45) is -0.0287. The predicted molar refractivity (Wildman–Crippen MR) is 65.3 cm³/mol. The summed E-state index contributed by atoms with van der Waals surface area (Å²) in [5, 5.41) is 24.8. The van der Waals surface area contributed by atoms with Gasteiger partial charge < -0.3 is 20.8 Å². The number of rotatable bonds is 6. The number of thiazole rings is 1. The fourth-order valence-corrected chi connectivity index (χ4v) is 1.95. The van der Waals surface area contributed by atoms with Crippen LogP contribution in [0.5, 0.6) is 0 Å². The Morgan fingerprint density at radius 3 is 2.78 bits per heavy atom. The third-order valence-electron chi connectivity index (χ3n) is 2.09. The van der Waals surface area contributed by atoms with Gasteiger partial charge in [0.1, 0.15) is 11.0 Å². The number of aliphatic hydroxyl groups is 1. The highest BCUT2D eigenvalue weighted by Gasteiger charge is 2.18. The zero-order valence-corrected chi connectivity index (χ0v) is 10.7. The number of carbonyl (C=O) groups excluding carboxylic acids is 1. The van der Waals surface area contributed by atoms with E-state index < -0.39 is 18.0 Å². The van der Waals surface area contributed by atoms with Crippen molar-refractivity contribution in [2.75, 3.05) is 6.61 Å². The number of carboxylic acid groups (broad SMARTS) is 1. The molecule has 0 aliphatic carbocycles. The molecule has 0 unspecified atom stereocenters. The van der Waals surface area contributed by atoms with E-state index in [1.165, 1.54) is 11.3 Å². The van der Waals surface area contributed by atoms with Crippen LogP contribution >= 0.6 is 11.3 Å². The minimum atomic E-state index is -1.18. The van der Waals surface area contributed by atoms with Crippen molar-refractivity contribution in [2.24, 2.45) is 0 Å². The smallest absolute Gasteiger partial charge is 0.326 e. The highest BCUT2D eigenvalue weighted by atomic mass is 32.1. The van der Waals surface area contributed by atoms with Gasteiger partial charge in [-0.2, -0.15) is 0 Å². The van der Waals surface area contributed by atoms with Gasteiger partial charge in [-0.05, 0) is 6.92 Å². The van der Waals surface area contributed by atoms with Crippen molar-refractivity contribution in [3.05, 3.63) is 16.1 Å². The molecule has 0 radical (unpaired) electrons. The van der Waals surface area contributed by atoms with Gasteiger partial charge in [-0.25, -0.2) is 14.6 Å². The van der Waals surface area contributed by atoms with Crippen LogP contribution in [0.1, 0.15) is 17.1 Å². The molecule has 8 heteroatoms. The molecule has 1 aromatic rings. The summed E-state index contributed by atoms with van der Waals surface area (Å²) in [5.74, 6) is -1.18. The average molecular weight is 273 g/mol. The molecule has 0 aromatic carbocycles. The van der Waals surface area contributed by atoms with E-state index in [4.69, 9.17) is 10.2 Å². The molecule has 0 spiro atoms. The van der Waals surface area contributed by atoms with Crippen LogP contribution in [0.2, 0.25) is 0 Å². The first-order valence-corrected chi connectivity index (χ1v) is 6.20. The molecular formula is C10H15N3O4S. The lowest BCUT2D eigenvalue weighted by Crippen LogP contribution is -2.46. The number of hydrogen-bond donors (Lipinski definition) is 4. The summed E-state index contributed by atoms with van der Waals surface area (Å²) >= 11 is 1.42. The summed E-state index contributed by atoms with van der Waals surface area (Å²) < 4.78 is 0. The van der Waals surface area contributed by atoms with Crippen molar-refractivity contribution in [1.29, 1.82) is 0 Å². The molecule has 7 nitrogen and oxygen atoms in total. The number of hydrogen-bond acceptors (Lipinski definition) is 5. The molecule has 0 aliphatic heterocycles. The largest absolute Gasteiger partial charge is 0.480 e. The molecule has 0 fully saturated rings. The summed E-state index contributed by atoms with van der Waals surface area (Å²) in [5.41, 5.74) is 0.876. The Balaban J connectivity index is 2.38. The minimum absolute atomic E-state index is 0.0287. The number of carbonyl (C=O) groups is 2. The van der Waals surface area contributed by atoms with Gasteiger partial charge in [0.25, 0.3) is 0 Å². The Labute approximate surface area is 108 Å². The van der Waals surface area contributed by atoms with Gasteiger partial charge in [0.05, 0.1) is 6.54 Å². The van der Waals surface area contributed by atoms with Crippen LogP contribution in [0.3, 0.4) is 0 Å². The summed E-state index contributed by atoms with van der Waals surface area (Å²) in [6, 6.07) is -1.68. The van der Waals surface area contributed by atoms with E-state index in [1.54, 1.807) is 0 Å². The van der Waals surface area contributed by atoms with Crippen LogP contribution in [0, 0.1) is 6.92 Å². The maximum absolute atomic E-state index is 11.4. The molecule has 4 N–H and O–H groups in total. The molecule has 2 amide bonds. The van der Waals surface area contributed by atoms with E-state index in [1.807, 2.05) is 12.3 Å². The maximum Gasteiger partial charge on any atom is 0.326 e. The first-order valence-electron chi connectivity index (χ1n) is 5.32. The Morgan fingerprint density at radius 2 is 2.28 bits per heavy atom. The lowest BCUT2D eigenvalue weighted by Gasteiger charge is -2.13. The van der Waals surface area contributed by atoms with Crippen LogP contribution in [0.4, 0.5) is 4.79 Å². The van der Waals surface area contributed by atoms with Crippen LogP contribution in [-0.4, -0.2) is 39.8 Å². The third kappa shape index (κ3) is 4.68. The highest BCUT2D eigenvalue weighted by Crippen LogP contribution is 2.07. The number of aliphatic hydroxyl groups excluding tert-OH is 1. The van der Waals surface area contributed by atoms with Crippen LogP contribution < -0.4 is 10.6 Å². The van der Waals surface area contributed by atoms with Gasteiger partial charge in [-0.15, -0.1) is 11.3 Å². The second-order valence-electron chi connectivity index (χ2n) is 3.61. The number of amides is 2. The highest BCUT2D eigenvalue weighted by molar-refractivity contribution is 7.09. The zero-order chi connectivity index (χ0) is 13.5. The molecule has 1 aromatic heterocycles. The fraction of sp³-hybridized carbons (Fsp3) is 0.500. The van der Waals surface area contributed by atoms with Crippen LogP contribution in [0.25, 0.3) is 0 Å². The number of nitrogens with one attached hydrogen (secondary N) is 2. The van der Waals surface area contributed by atoms with Crippen molar-refractivity contribution >= 4 is 23.3 Å². The molecular weight excluding hydrogens is 258 g/mol. The number of aryl methyl sites for hydroxylation is 1. The number of aromatic nitrogens is 1. The number of aliphatic carboxylic acids is 1. The van der Waals surface area contributed by atoms with Gasteiger partial charge >= 0.3 is 12.0 Å². The summed E-state index contributed by atoms with van der Waals surface area (Å²) in [6.45, 7) is 1.79. The van der Waals surface area contributed by atoms with E-state index in [2.05, 4.69) is 15.6 Å². The molecule has 1 atom stereocenters. The second kappa shape index (κ2) is 6.92. The Bertz CT molecular complexity index is 421. The molecule has 1 heterocycles. The van der Waals surface area contributed by atoms with E-state index in [0.29, 0.717) is 0 Å². The van der Waals surface area contributed by atoms with Crippen molar-refractivity contribution in [3.8, 4) is 0 Å². The maximum atomic E-state index is 11.4. The predicted octanol–water partition coefficient (Wildman–Crippen LogP) is 0.0863. The van der Waals surface area contributed by atoms with Gasteiger partial charge in [-0.3, -0.25) is 0 Å². The van der Waals surface area contributed by atoms with E-state index in [-0.39, 0.29) is 19.6 Å². The lowest BCUT2D eigenvalue weighted by molar-refractivity contribution is -0.139. The standard InChI is InChI=1S/C10H15N3O4S/c1-6-5-18-8(12-6)4-11-10(17)13-7(2-3-14)9(15)16/h5,7,14H,2-4H2,1H3,(H,15,16)(H2,11,13,17)/t7-/m1/s1. The van der Waals surface area contributed by atoms with E-state index in [0.717, 1.165) is 10.7 Å². The second-order valence-corrected chi connectivity index (χ2v) is 4.56. The van der Waals surface area contributed by atoms with Crippen molar-refractivity contribution in [2.45, 2.75) is 25.9 Å². The Hall–Kier alpha value is -1.67. The van der Waals surface area contributed by atoms with Gasteiger partial charge in [-0.1, -0.05) is 0 Å². The molecule has 100 valence electrons. The van der Waals surface area contributed by atoms with Crippen LogP contribution in [0.15, 0.2) is 5.38 Å². The first-order chi connectivity index (χ1) is 8.52. The van der Waals surface area contributed by atoms with Crippen molar-refractivity contribution < 1.29 is 19.8 Å². The lowest BCUT2D eigenvalue weighted by atomic mass is 10.2. The first kappa shape index (κ1) is 14.4. The summed E-state index contributed by atoms with van der Waals surface area (Å²) in [4.78, 5) is 26.3. The van der Waals surface area contributed by atoms with E-state index in [9.17, 15) is 9.59 Å².